The molecule has 1 aromatic rings. The molecule has 0 N–H and O–H groups in total. The molecule has 1 atom stereocenters. The summed E-state index contributed by atoms with van der Waals surface area (Å²) < 4.78 is 5.42. The van der Waals surface area contributed by atoms with Crippen LogP contribution in [0.15, 0.2) is 17.5 Å². The highest BCUT2D eigenvalue weighted by Gasteiger charge is 2.28. The van der Waals surface area contributed by atoms with Crippen LogP contribution in [0.4, 0.5) is 4.79 Å². The molecule has 1 aromatic heterocycles. The number of carbonyl (C=O) groups is 1. The summed E-state index contributed by atoms with van der Waals surface area (Å²) in [4.78, 5) is 15.2. The molecule has 0 aliphatic carbocycles. The van der Waals surface area contributed by atoms with Crippen LogP contribution in [0.25, 0.3) is 0 Å². The van der Waals surface area contributed by atoms with Gasteiger partial charge in [-0.15, -0.1) is 23.1 Å². The second-order valence-corrected chi connectivity index (χ2v) is 7.59. The zero-order valence-electron chi connectivity index (χ0n) is 11.0. The third-order valence-corrected chi connectivity index (χ3v) is 4.94. The third kappa shape index (κ3) is 3.65. The van der Waals surface area contributed by atoms with Gasteiger partial charge in [-0.3, -0.25) is 0 Å². The van der Waals surface area contributed by atoms with Crippen molar-refractivity contribution in [1.82, 2.24) is 4.90 Å². The van der Waals surface area contributed by atoms with Gasteiger partial charge in [0.15, 0.2) is 0 Å². The fourth-order valence-corrected chi connectivity index (χ4v) is 4.00. The second-order valence-electron chi connectivity index (χ2n) is 5.30. The Labute approximate surface area is 117 Å². The molecule has 1 fully saturated rings. The smallest absolute Gasteiger partial charge is 0.410 e. The van der Waals surface area contributed by atoms with Gasteiger partial charge in [-0.2, -0.15) is 0 Å². The lowest BCUT2D eigenvalue weighted by molar-refractivity contribution is 0.0257. The molecule has 0 saturated carbocycles. The van der Waals surface area contributed by atoms with Gasteiger partial charge >= 0.3 is 6.09 Å². The molecule has 1 saturated heterocycles. The maximum absolute atomic E-state index is 12.0. The molecular formula is C13H19NO2S2. The molecule has 1 amide bonds. The van der Waals surface area contributed by atoms with E-state index < -0.39 is 5.60 Å². The Kier molecular flexibility index (Phi) is 4.22. The predicted molar refractivity (Wildman–Crippen MR) is 77.3 cm³/mol. The number of rotatable bonds is 1. The average molecular weight is 285 g/mol. The standard InChI is InChI=1S/C13H19NO2S2/c1-13(2,3)16-12(15)14-6-8-18-11(9-14)10-5-4-7-17-10/h4-5,7,11H,6,8-9H2,1-3H3. The van der Waals surface area contributed by atoms with E-state index in [1.807, 2.05) is 37.4 Å². The summed E-state index contributed by atoms with van der Waals surface area (Å²) in [6.45, 7) is 7.24. The first-order chi connectivity index (χ1) is 8.46. The lowest BCUT2D eigenvalue weighted by atomic mass is 10.2. The monoisotopic (exact) mass is 285 g/mol. The van der Waals surface area contributed by atoms with Crippen molar-refractivity contribution in [2.75, 3.05) is 18.8 Å². The molecule has 0 aromatic carbocycles. The topological polar surface area (TPSA) is 29.5 Å². The second kappa shape index (κ2) is 5.53. The molecule has 0 spiro atoms. The molecule has 1 unspecified atom stereocenters. The van der Waals surface area contributed by atoms with Crippen LogP contribution in [0, 0.1) is 0 Å². The SMILES string of the molecule is CC(C)(C)OC(=O)N1CCSC(c2cccs2)C1. The van der Waals surface area contributed by atoms with Crippen molar-refractivity contribution in [3.8, 4) is 0 Å². The van der Waals surface area contributed by atoms with Crippen molar-refractivity contribution >= 4 is 29.2 Å². The number of ether oxygens (including phenoxy) is 1. The van der Waals surface area contributed by atoms with E-state index in [0.29, 0.717) is 5.25 Å². The summed E-state index contributed by atoms with van der Waals surface area (Å²) in [7, 11) is 0. The van der Waals surface area contributed by atoms with Crippen molar-refractivity contribution < 1.29 is 9.53 Å². The van der Waals surface area contributed by atoms with Crippen molar-refractivity contribution in [3.63, 3.8) is 0 Å². The van der Waals surface area contributed by atoms with E-state index in [4.69, 9.17) is 4.74 Å². The largest absolute Gasteiger partial charge is 0.444 e. The Bertz CT molecular complexity index is 398. The summed E-state index contributed by atoms with van der Waals surface area (Å²) in [5, 5.41) is 2.48. The molecule has 2 rings (SSSR count). The van der Waals surface area contributed by atoms with Gasteiger partial charge in [0.2, 0.25) is 0 Å². The van der Waals surface area contributed by atoms with Crippen molar-refractivity contribution in [2.24, 2.45) is 0 Å². The van der Waals surface area contributed by atoms with E-state index in [2.05, 4.69) is 17.5 Å². The predicted octanol–water partition coefficient (Wildman–Crippen LogP) is 3.77. The number of amides is 1. The van der Waals surface area contributed by atoms with Crippen LogP contribution in [0.1, 0.15) is 30.9 Å². The Balaban J connectivity index is 1.96. The van der Waals surface area contributed by atoms with Gasteiger partial charge in [0, 0.05) is 23.7 Å². The number of carbonyl (C=O) groups excluding carboxylic acids is 1. The van der Waals surface area contributed by atoms with Crippen LogP contribution in [0.5, 0.6) is 0 Å². The Hall–Kier alpha value is -0.680. The number of nitrogens with zero attached hydrogens (tertiary/aromatic N) is 1. The van der Waals surface area contributed by atoms with E-state index >= 15 is 0 Å². The third-order valence-electron chi connectivity index (χ3n) is 2.58. The maximum Gasteiger partial charge on any atom is 0.410 e. The van der Waals surface area contributed by atoms with E-state index in [0.717, 1.165) is 18.8 Å². The summed E-state index contributed by atoms with van der Waals surface area (Å²) in [5.74, 6) is 0.974. The van der Waals surface area contributed by atoms with Gasteiger partial charge in [-0.25, -0.2) is 4.79 Å². The van der Waals surface area contributed by atoms with E-state index in [1.54, 1.807) is 11.3 Å². The van der Waals surface area contributed by atoms with Gasteiger partial charge in [0.1, 0.15) is 5.60 Å². The zero-order chi connectivity index (χ0) is 13.2. The molecule has 100 valence electrons. The van der Waals surface area contributed by atoms with E-state index in [9.17, 15) is 4.79 Å². The first-order valence-corrected chi connectivity index (χ1v) is 8.01. The van der Waals surface area contributed by atoms with Crippen molar-refractivity contribution in [1.29, 1.82) is 0 Å². The minimum Gasteiger partial charge on any atom is -0.444 e. The minimum absolute atomic E-state index is 0.190. The van der Waals surface area contributed by atoms with Gasteiger partial charge in [0.25, 0.3) is 0 Å². The zero-order valence-corrected chi connectivity index (χ0v) is 12.6. The van der Waals surface area contributed by atoms with Gasteiger partial charge < -0.3 is 9.64 Å². The summed E-state index contributed by atoms with van der Waals surface area (Å²) >= 11 is 3.68. The van der Waals surface area contributed by atoms with Gasteiger partial charge in [-0.1, -0.05) is 6.07 Å². The quantitative estimate of drug-likeness (QED) is 0.786. The van der Waals surface area contributed by atoms with Crippen LogP contribution >= 0.6 is 23.1 Å². The molecule has 0 radical (unpaired) electrons. The highest BCUT2D eigenvalue weighted by atomic mass is 32.2. The van der Waals surface area contributed by atoms with Crippen LogP contribution in [0.3, 0.4) is 0 Å². The average Bonchev–Trinajstić information content (AvgIpc) is 2.80. The van der Waals surface area contributed by atoms with Crippen LogP contribution in [0.2, 0.25) is 0 Å². The van der Waals surface area contributed by atoms with E-state index in [-0.39, 0.29) is 6.09 Å². The molecule has 5 heteroatoms. The minimum atomic E-state index is -0.417. The molecule has 1 aliphatic rings. The molecular weight excluding hydrogens is 266 g/mol. The van der Waals surface area contributed by atoms with E-state index in [1.165, 1.54) is 4.88 Å². The number of hydrogen-bond acceptors (Lipinski definition) is 4. The normalized spacial score (nSPS) is 20.8. The number of thiophene rings is 1. The fourth-order valence-electron chi connectivity index (χ4n) is 1.79. The van der Waals surface area contributed by atoms with Crippen molar-refractivity contribution in [3.05, 3.63) is 22.4 Å². The van der Waals surface area contributed by atoms with Crippen LogP contribution in [-0.2, 0) is 4.74 Å². The Morgan fingerprint density at radius 1 is 1.50 bits per heavy atom. The van der Waals surface area contributed by atoms with Gasteiger partial charge in [0.05, 0.1) is 5.25 Å². The number of hydrogen-bond donors (Lipinski definition) is 0. The Morgan fingerprint density at radius 2 is 2.28 bits per heavy atom. The lowest BCUT2D eigenvalue weighted by Crippen LogP contribution is -2.42. The lowest BCUT2D eigenvalue weighted by Gasteiger charge is -2.33. The molecule has 1 aliphatic heterocycles. The summed E-state index contributed by atoms with van der Waals surface area (Å²) in [5.41, 5.74) is -0.417. The summed E-state index contributed by atoms with van der Waals surface area (Å²) in [6, 6.07) is 4.20. The van der Waals surface area contributed by atoms with Crippen LogP contribution in [-0.4, -0.2) is 35.4 Å². The molecule has 0 bridgehead atoms. The van der Waals surface area contributed by atoms with Crippen LogP contribution < -0.4 is 0 Å². The fraction of sp³-hybridized carbons (Fsp3) is 0.615. The number of thioether (sulfide) groups is 1. The highest BCUT2D eigenvalue weighted by molar-refractivity contribution is 7.99. The van der Waals surface area contributed by atoms with Gasteiger partial charge in [-0.05, 0) is 32.2 Å². The summed E-state index contributed by atoms with van der Waals surface area (Å²) in [6.07, 6.45) is -0.190. The molecule has 3 nitrogen and oxygen atoms in total. The first kappa shape index (κ1) is 13.7. The highest BCUT2D eigenvalue weighted by Crippen LogP contribution is 2.35. The Morgan fingerprint density at radius 3 is 2.89 bits per heavy atom. The molecule has 18 heavy (non-hydrogen) atoms. The molecule has 2 heterocycles. The van der Waals surface area contributed by atoms with Crippen molar-refractivity contribution in [2.45, 2.75) is 31.6 Å². The maximum atomic E-state index is 12.0. The first-order valence-electron chi connectivity index (χ1n) is 6.08.